The molecule has 0 unspecified atom stereocenters. The first-order chi connectivity index (χ1) is 8.61. The standard InChI is InChI=1S/C12H13BrN4S/c1-3-4-8-10(13)12(18)17-11(16-8)9-5-6-14-7(2)15-9/h5-6H,3-4H2,1-2H3,(H,16,17,18). The number of halogens is 1. The van der Waals surface area contributed by atoms with Gasteiger partial charge in [-0.1, -0.05) is 25.6 Å². The lowest BCUT2D eigenvalue weighted by Crippen LogP contribution is -2.00. The first-order valence-corrected chi connectivity index (χ1v) is 6.90. The fraction of sp³-hybridized carbons (Fsp3) is 0.333. The van der Waals surface area contributed by atoms with E-state index in [0.717, 1.165) is 28.7 Å². The minimum absolute atomic E-state index is 0.559. The molecule has 0 aliphatic carbocycles. The molecule has 0 aromatic carbocycles. The van der Waals surface area contributed by atoms with Crippen molar-refractivity contribution >= 4 is 28.1 Å². The van der Waals surface area contributed by atoms with Crippen LogP contribution >= 0.6 is 28.1 Å². The average molecular weight is 325 g/mol. The van der Waals surface area contributed by atoms with Crippen molar-refractivity contribution in [2.45, 2.75) is 26.7 Å². The minimum Gasteiger partial charge on any atom is -0.341 e. The maximum Gasteiger partial charge on any atom is 0.158 e. The highest BCUT2D eigenvalue weighted by atomic mass is 79.9. The Bertz CT molecular complexity index is 624. The van der Waals surface area contributed by atoms with E-state index in [4.69, 9.17) is 12.2 Å². The van der Waals surface area contributed by atoms with Crippen molar-refractivity contribution in [3.63, 3.8) is 0 Å². The van der Waals surface area contributed by atoms with E-state index in [9.17, 15) is 0 Å². The molecule has 0 radical (unpaired) electrons. The number of aromatic amines is 1. The second-order valence-electron chi connectivity index (χ2n) is 3.92. The summed E-state index contributed by atoms with van der Waals surface area (Å²) in [7, 11) is 0. The molecular formula is C12H13BrN4S. The van der Waals surface area contributed by atoms with Crippen LogP contribution in [0.2, 0.25) is 0 Å². The van der Waals surface area contributed by atoms with E-state index in [1.54, 1.807) is 6.20 Å². The number of rotatable bonds is 3. The van der Waals surface area contributed by atoms with Crippen molar-refractivity contribution in [1.29, 1.82) is 0 Å². The summed E-state index contributed by atoms with van der Waals surface area (Å²) >= 11 is 8.73. The van der Waals surface area contributed by atoms with E-state index in [0.29, 0.717) is 16.3 Å². The first kappa shape index (κ1) is 13.3. The Hall–Kier alpha value is -1.14. The highest BCUT2D eigenvalue weighted by molar-refractivity contribution is 9.10. The van der Waals surface area contributed by atoms with Crippen molar-refractivity contribution in [2.75, 3.05) is 0 Å². The third-order valence-electron chi connectivity index (χ3n) is 2.45. The molecular weight excluding hydrogens is 312 g/mol. The molecule has 0 aliphatic rings. The van der Waals surface area contributed by atoms with Gasteiger partial charge in [0.05, 0.1) is 4.47 Å². The lowest BCUT2D eigenvalue weighted by molar-refractivity contribution is 0.862. The minimum atomic E-state index is 0.559. The summed E-state index contributed by atoms with van der Waals surface area (Å²) < 4.78 is 1.43. The van der Waals surface area contributed by atoms with Crippen LogP contribution < -0.4 is 0 Å². The van der Waals surface area contributed by atoms with Crippen molar-refractivity contribution in [3.8, 4) is 11.5 Å². The number of aryl methyl sites for hydroxylation is 2. The van der Waals surface area contributed by atoms with Crippen molar-refractivity contribution in [1.82, 2.24) is 19.9 Å². The van der Waals surface area contributed by atoms with Crippen LogP contribution in [0, 0.1) is 11.6 Å². The largest absolute Gasteiger partial charge is 0.341 e. The van der Waals surface area contributed by atoms with E-state index in [1.807, 2.05) is 13.0 Å². The van der Waals surface area contributed by atoms with Gasteiger partial charge in [0.1, 0.15) is 16.2 Å². The van der Waals surface area contributed by atoms with Crippen molar-refractivity contribution in [2.24, 2.45) is 0 Å². The quantitative estimate of drug-likeness (QED) is 0.876. The predicted octanol–water partition coefficient (Wildman–Crippen LogP) is 3.62. The van der Waals surface area contributed by atoms with Crippen LogP contribution in [0.4, 0.5) is 0 Å². The summed E-state index contributed by atoms with van der Waals surface area (Å²) in [6.07, 6.45) is 3.68. The third-order valence-corrected chi connectivity index (χ3v) is 3.87. The average Bonchev–Trinajstić information content (AvgIpc) is 2.35. The predicted molar refractivity (Wildman–Crippen MR) is 76.9 cm³/mol. The van der Waals surface area contributed by atoms with Gasteiger partial charge in [-0.15, -0.1) is 0 Å². The number of nitrogens with one attached hydrogen (secondary N) is 1. The SMILES string of the molecule is CCCc1[nH]c(-c2ccnc(C)n2)nc(=S)c1Br. The Morgan fingerprint density at radius 1 is 1.39 bits per heavy atom. The monoisotopic (exact) mass is 324 g/mol. The second kappa shape index (κ2) is 5.67. The van der Waals surface area contributed by atoms with Crippen LogP contribution in [0.5, 0.6) is 0 Å². The summed E-state index contributed by atoms with van der Waals surface area (Å²) in [6.45, 7) is 3.97. The van der Waals surface area contributed by atoms with Gasteiger partial charge in [-0.3, -0.25) is 0 Å². The summed E-state index contributed by atoms with van der Waals surface area (Å²) in [6, 6.07) is 1.82. The molecule has 0 bridgehead atoms. The molecule has 94 valence electrons. The van der Waals surface area contributed by atoms with Gasteiger partial charge in [0.15, 0.2) is 5.82 Å². The maximum absolute atomic E-state index is 5.25. The summed E-state index contributed by atoms with van der Waals surface area (Å²) in [5.41, 5.74) is 1.82. The highest BCUT2D eigenvalue weighted by Crippen LogP contribution is 2.21. The number of hydrogen-bond donors (Lipinski definition) is 1. The zero-order valence-corrected chi connectivity index (χ0v) is 12.6. The zero-order valence-electron chi connectivity index (χ0n) is 10.2. The number of H-pyrrole nitrogens is 1. The van der Waals surface area contributed by atoms with E-state index in [2.05, 4.69) is 42.8 Å². The molecule has 0 spiro atoms. The molecule has 6 heteroatoms. The summed E-state index contributed by atoms with van der Waals surface area (Å²) in [5.74, 6) is 1.41. The van der Waals surface area contributed by atoms with E-state index >= 15 is 0 Å². The Balaban J connectivity index is 2.55. The van der Waals surface area contributed by atoms with Gasteiger partial charge in [-0.05, 0) is 35.3 Å². The van der Waals surface area contributed by atoms with Crippen LogP contribution in [-0.2, 0) is 6.42 Å². The van der Waals surface area contributed by atoms with Gasteiger partial charge < -0.3 is 4.98 Å². The van der Waals surface area contributed by atoms with Crippen molar-refractivity contribution < 1.29 is 0 Å². The van der Waals surface area contributed by atoms with Gasteiger partial charge >= 0.3 is 0 Å². The molecule has 1 N–H and O–H groups in total. The van der Waals surface area contributed by atoms with Crippen LogP contribution in [-0.4, -0.2) is 19.9 Å². The Morgan fingerprint density at radius 2 is 2.17 bits per heavy atom. The molecule has 2 aromatic heterocycles. The fourth-order valence-corrected chi connectivity index (χ4v) is 2.24. The van der Waals surface area contributed by atoms with Gasteiger partial charge in [0, 0.05) is 11.9 Å². The van der Waals surface area contributed by atoms with Crippen LogP contribution in [0.15, 0.2) is 16.7 Å². The Labute approximate surface area is 119 Å². The normalized spacial score (nSPS) is 10.6. The zero-order chi connectivity index (χ0) is 13.1. The highest BCUT2D eigenvalue weighted by Gasteiger charge is 2.08. The third kappa shape index (κ3) is 2.81. The molecule has 18 heavy (non-hydrogen) atoms. The maximum atomic E-state index is 5.25. The Kier molecular flexibility index (Phi) is 4.19. The second-order valence-corrected chi connectivity index (χ2v) is 5.10. The molecule has 0 saturated carbocycles. The molecule has 2 rings (SSSR count). The van der Waals surface area contributed by atoms with Crippen LogP contribution in [0.1, 0.15) is 24.9 Å². The topological polar surface area (TPSA) is 54.5 Å². The molecule has 0 amide bonds. The van der Waals surface area contributed by atoms with Gasteiger partial charge in [0.25, 0.3) is 0 Å². The molecule has 0 atom stereocenters. The van der Waals surface area contributed by atoms with Crippen molar-refractivity contribution in [3.05, 3.63) is 32.9 Å². The van der Waals surface area contributed by atoms with Gasteiger partial charge in [-0.25, -0.2) is 15.0 Å². The number of hydrogen-bond acceptors (Lipinski definition) is 4. The molecule has 2 aromatic rings. The van der Waals surface area contributed by atoms with E-state index in [-0.39, 0.29) is 0 Å². The van der Waals surface area contributed by atoms with Crippen LogP contribution in [0.3, 0.4) is 0 Å². The number of aromatic nitrogens is 4. The smallest absolute Gasteiger partial charge is 0.158 e. The summed E-state index contributed by atoms with van der Waals surface area (Å²) in [4.78, 5) is 16.1. The van der Waals surface area contributed by atoms with Gasteiger partial charge in [-0.2, -0.15) is 0 Å². The van der Waals surface area contributed by atoms with E-state index in [1.165, 1.54) is 0 Å². The lowest BCUT2D eigenvalue weighted by atomic mass is 10.2. The summed E-state index contributed by atoms with van der Waals surface area (Å²) in [5, 5.41) is 0. The van der Waals surface area contributed by atoms with E-state index < -0.39 is 0 Å². The lowest BCUT2D eigenvalue weighted by Gasteiger charge is -2.07. The molecule has 0 fully saturated rings. The molecule has 0 saturated heterocycles. The van der Waals surface area contributed by atoms with Crippen LogP contribution in [0.25, 0.3) is 11.5 Å². The first-order valence-electron chi connectivity index (χ1n) is 5.70. The fourth-order valence-electron chi connectivity index (χ4n) is 1.64. The molecule has 4 nitrogen and oxygen atoms in total. The van der Waals surface area contributed by atoms with Gasteiger partial charge in [0.2, 0.25) is 0 Å². The molecule has 2 heterocycles. The Morgan fingerprint density at radius 3 is 2.83 bits per heavy atom. The number of nitrogens with zero attached hydrogens (tertiary/aromatic N) is 3. The molecule has 0 aliphatic heterocycles.